The van der Waals surface area contributed by atoms with Crippen molar-refractivity contribution in [3.05, 3.63) is 23.8 Å². The van der Waals surface area contributed by atoms with Crippen LogP contribution < -0.4 is 14.8 Å². The summed E-state index contributed by atoms with van der Waals surface area (Å²) in [6.45, 7) is 6.89. The molecule has 5 heteroatoms. The van der Waals surface area contributed by atoms with E-state index in [2.05, 4.69) is 5.32 Å². The lowest BCUT2D eigenvalue weighted by atomic mass is 10.2. The van der Waals surface area contributed by atoms with Crippen molar-refractivity contribution in [2.24, 2.45) is 0 Å². The molecule has 0 aromatic heterocycles. The topological polar surface area (TPSA) is 49.0 Å². The standard InChI is InChI=1S/C16H27NO4/c1-5-20-16(21-6-2)9-10-17-12-13-7-8-14(18-3)15(11-13)19-4/h7-8,11,16-17H,5-6,9-10,12H2,1-4H3. The van der Waals surface area contributed by atoms with E-state index in [1.807, 2.05) is 32.0 Å². The Hall–Kier alpha value is -1.30. The van der Waals surface area contributed by atoms with E-state index >= 15 is 0 Å². The molecule has 0 spiro atoms. The summed E-state index contributed by atoms with van der Waals surface area (Å²) in [5, 5.41) is 3.38. The van der Waals surface area contributed by atoms with Gasteiger partial charge >= 0.3 is 0 Å². The first kappa shape index (κ1) is 17.8. The number of rotatable bonds is 11. The molecule has 0 radical (unpaired) electrons. The zero-order valence-electron chi connectivity index (χ0n) is 13.5. The van der Waals surface area contributed by atoms with E-state index in [9.17, 15) is 0 Å². The van der Waals surface area contributed by atoms with E-state index in [1.165, 1.54) is 0 Å². The Morgan fingerprint density at radius 2 is 1.67 bits per heavy atom. The molecular weight excluding hydrogens is 270 g/mol. The molecule has 120 valence electrons. The highest BCUT2D eigenvalue weighted by atomic mass is 16.7. The molecular formula is C16H27NO4. The number of benzene rings is 1. The van der Waals surface area contributed by atoms with E-state index in [4.69, 9.17) is 18.9 Å². The van der Waals surface area contributed by atoms with Gasteiger partial charge in [-0.1, -0.05) is 6.07 Å². The molecule has 0 heterocycles. The molecule has 1 aromatic rings. The van der Waals surface area contributed by atoms with Crippen LogP contribution in [0, 0.1) is 0 Å². The molecule has 1 aromatic carbocycles. The van der Waals surface area contributed by atoms with Gasteiger partial charge in [0.25, 0.3) is 0 Å². The van der Waals surface area contributed by atoms with Crippen LogP contribution in [-0.2, 0) is 16.0 Å². The predicted molar refractivity (Wildman–Crippen MR) is 82.9 cm³/mol. The molecule has 21 heavy (non-hydrogen) atoms. The molecule has 5 nitrogen and oxygen atoms in total. The highest BCUT2D eigenvalue weighted by Gasteiger charge is 2.07. The highest BCUT2D eigenvalue weighted by Crippen LogP contribution is 2.27. The van der Waals surface area contributed by atoms with E-state index in [0.29, 0.717) is 13.2 Å². The van der Waals surface area contributed by atoms with Crippen molar-refractivity contribution in [2.75, 3.05) is 34.0 Å². The van der Waals surface area contributed by atoms with Gasteiger partial charge in [0.2, 0.25) is 0 Å². The first-order valence-corrected chi connectivity index (χ1v) is 7.39. The van der Waals surface area contributed by atoms with Gasteiger partial charge in [-0.25, -0.2) is 0 Å². The van der Waals surface area contributed by atoms with Crippen molar-refractivity contribution >= 4 is 0 Å². The third-order valence-electron chi connectivity index (χ3n) is 3.04. The lowest BCUT2D eigenvalue weighted by molar-refractivity contribution is -0.138. The Kier molecular flexibility index (Phi) is 8.82. The lowest BCUT2D eigenvalue weighted by Crippen LogP contribution is -2.24. The van der Waals surface area contributed by atoms with Crippen LogP contribution in [0.5, 0.6) is 11.5 Å². The van der Waals surface area contributed by atoms with Crippen molar-refractivity contribution in [3.63, 3.8) is 0 Å². The molecule has 0 fully saturated rings. The van der Waals surface area contributed by atoms with E-state index < -0.39 is 0 Å². The Bertz CT molecular complexity index is 392. The summed E-state index contributed by atoms with van der Waals surface area (Å²) in [5.74, 6) is 1.49. The van der Waals surface area contributed by atoms with Gasteiger partial charge in [-0.05, 0) is 31.5 Å². The van der Waals surface area contributed by atoms with Gasteiger partial charge in [-0.3, -0.25) is 0 Å². The van der Waals surface area contributed by atoms with Crippen molar-refractivity contribution < 1.29 is 18.9 Å². The van der Waals surface area contributed by atoms with Crippen LogP contribution in [0.2, 0.25) is 0 Å². The Labute approximate surface area is 127 Å². The van der Waals surface area contributed by atoms with Gasteiger partial charge in [0, 0.05) is 32.7 Å². The first-order chi connectivity index (χ1) is 10.2. The normalized spacial score (nSPS) is 10.9. The van der Waals surface area contributed by atoms with Gasteiger partial charge in [-0.15, -0.1) is 0 Å². The summed E-state index contributed by atoms with van der Waals surface area (Å²) in [4.78, 5) is 0. The summed E-state index contributed by atoms with van der Waals surface area (Å²) in [6.07, 6.45) is 0.701. The maximum atomic E-state index is 5.50. The minimum atomic E-state index is -0.127. The molecule has 0 saturated heterocycles. The Balaban J connectivity index is 2.38. The van der Waals surface area contributed by atoms with Gasteiger partial charge in [-0.2, -0.15) is 0 Å². The molecule has 0 saturated carbocycles. The quantitative estimate of drug-likeness (QED) is 0.502. The van der Waals surface area contributed by atoms with E-state index in [-0.39, 0.29) is 6.29 Å². The van der Waals surface area contributed by atoms with Crippen molar-refractivity contribution in [2.45, 2.75) is 33.1 Å². The number of ether oxygens (including phenoxy) is 4. The SMILES string of the molecule is CCOC(CCNCc1ccc(OC)c(OC)c1)OCC. The van der Waals surface area contributed by atoms with Crippen LogP contribution in [0.1, 0.15) is 25.8 Å². The molecule has 0 aliphatic rings. The second kappa shape index (κ2) is 10.4. The fraction of sp³-hybridized carbons (Fsp3) is 0.625. The van der Waals surface area contributed by atoms with E-state index in [1.54, 1.807) is 14.2 Å². The number of hydrogen-bond acceptors (Lipinski definition) is 5. The van der Waals surface area contributed by atoms with Crippen LogP contribution >= 0.6 is 0 Å². The minimum absolute atomic E-state index is 0.127. The molecule has 1 N–H and O–H groups in total. The van der Waals surface area contributed by atoms with Crippen molar-refractivity contribution in [3.8, 4) is 11.5 Å². The summed E-state index contributed by atoms with van der Waals surface area (Å²) in [6, 6.07) is 5.92. The maximum absolute atomic E-state index is 5.50. The summed E-state index contributed by atoms with van der Waals surface area (Å²) in [5.41, 5.74) is 1.15. The van der Waals surface area contributed by atoms with Gasteiger partial charge in [0.05, 0.1) is 14.2 Å². The zero-order valence-corrected chi connectivity index (χ0v) is 13.5. The number of methoxy groups -OCH3 is 2. The lowest BCUT2D eigenvalue weighted by Gasteiger charge is -2.17. The molecule has 0 unspecified atom stereocenters. The molecule has 0 atom stereocenters. The van der Waals surface area contributed by atoms with Crippen LogP contribution in [0.15, 0.2) is 18.2 Å². The average Bonchev–Trinajstić information content (AvgIpc) is 2.51. The maximum Gasteiger partial charge on any atom is 0.161 e. The fourth-order valence-corrected chi connectivity index (χ4v) is 2.03. The van der Waals surface area contributed by atoms with Crippen molar-refractivity contribution in [1.29, 1.82) is 0 Å². The van der Waals surface area contributed by atoms with Gasteiger partial charge in [0.1, 0.15) is 0 Å². The van der Waals surface area contributed by atoms with Crippen LogP contribution in [-0.4, -0.2) is 40.3 Å². The second-order valence-corrected chi connectivity index (χ2v) is 4.50. The first-order valence-electron chi connectivity index (χ1n) is 7.39. The summed E-state index contributed by atoms with van der Waals surface area (Å²) >= 11 is 0. The van der Waals surface area contributed by atoms with Crippen LogP contribution in [0.25, 0.3) is 0 Å². The number of nitrogens with one attached hydrogen (secondary N) is 1. The smallest absolute Gasteiger partial charge is 0.161 e. The number of hydrogen-bond donors (Lipinski definition) is 1. The molecule has 1 rings (SSSR count). The Morgan fingerprint density at radius 1 is 1.00 bits per heavy atom. The monoisotopic (exact) mass is 297 g/mol. The van der Waals surface area contributed by atoms with Gasteiger partial charge in [0.15, 0.2) is 17.8 Å². The van der Waals surface area contributed by atoms with Crippen LogP contribution in [0.3, 0.4) is 0 Å². The summed E-state index contributed by atoms with van der Waals surface area (Å²) < 4.78 is 21.5. The molecule has 0 aliphatic carbocycles. The largest absolute Gasteiger partial charge is 0.493 e. The van der Waals surface area contributed by atoms with Crippen molar-refractivity contribution in [1.82, 2.24) is 5.32 Å². The summed E-state index contributed by atoms with van der Waals surface area (Å²) in [7, 11) is 3.28. The zero-order chi connectivity index (χ0) is 15.5. The average molecular weight is 297 g/mol. The Morgan fingerprint density at radius 3 is 2.24 bits per heavy atom. The third kappa shape index (κ3) is 6.33. The third-order valence-corrected chi connectivity index (χ3v) is 3.04. The molecule has 0 bridgehead atoms. The van der Waals surface area contributed by atoms with E-state index in [0.717, 1.165) is 36.6 Å². The second-order valence-electron chi connectivity index (χ2n) is 4.50. The predicted octanol–water partition coefficient (Wildman–Crippen LogP) is 2.58. The highest BCUT2D eigenvalue weighted by molar-refractivity contribution is 5.42. The van der Waals surface area contributed by atoms with Crippen LogP contribution in [0.4, 0.5) is 0 Å². The fourth-order valence-electron chi connectivity index (χ4n) is 2.03. The molecule has 0 amide bonds. The van der Waals surface area contributed by atoms with Gasteiger partial charge < -0.3 is 24.3 Å². The minimum Gasteiger partial charge on any atom is -0.493 e. The molecule has 0 aliphatic heterocycles.